The Kier molecular flexibility index (Phi) is 5.94. The van der Waals surface area contributed by atoms with Crippen molar-refractivity contribution in [3.8, 4) is 0 Å². The average Bonchev–Trinajstić information content (AvgIpc) is 2.53. The third kappa shape index (κ3) is 4.84. The number of benzene rings is 2. The normalized spacial score (nSPS) is 10.1. The van der Waals surface area contributed by atoms with E-state index >= 15 is 0 Å². The number of rotatable bonds is 5. The van der Waals surface area contributed by atoms with E-state index in [1.807, 2.05) is 42.5 Å². The van der Waals surface area contributed by atoms with Gasteiger partial charge in [-0.1, -0.05) is 36.4 Å². The number of likely N-dealkylation sites (N-methyl/N-ethyl adjacent to an activating group) is 1. The fourth-order valence-corrected chi connectivity index (χ4v) is 2.43. The molecule has 0 saturated heterocycles. The number of hydrogen-bond acceptors (Lipinski definition) is 3. The largest absolute Gasteiger partial charge is 0.459 e. The van der Waals surface area contributed by atoms with Gasteiger partial charge in [0.2, 0.25) is 0 Å². The highest BCUT2D eigenvalue weighted by atomic mass is 127. The molecule has 2 aromatic carbocycles. The van der Waals surface area contributed by atoms with E-state index in [4.69, 9.17) is 4.74 Å². The van der Waals surface area contributed by atoms with Crippen LogP contribution < -0.4 is 0 Å². The van der Waals surface area contributed by atoms with Crippen molar-refractivity contribution >= 4 is 34.5 Å². The molecule has 0 spiro atoms. The molecule has 22 heavy (non-hydrogen) atoms. The predicted molar refractivity (Wildman–Crippen MR) is 92.4 cm³/mol. The van der Waals surface area contributed by atoms with Gasteiger partial charge in [-0.25, -0.2) is 0 Å². The molecule has 0 aliphatic heterocycles. The van der Waals surface area contributed by atoms with E-state index in [2.05, 4.69) is 22.6 Å². The topological polar surface area (TPSA) is 46.6 Å². The van der Waals surface area contributed by atoms with Crippen LogP contribution >= 0.6 is 22.6 Å². The molecule has 0 unspecified atom stereocenters. The summed E-state index contributed by atoms with van der Waals surface area (Å²) < 4.78 is 6.15. The molecule has 114 valence electrons. The van der Waals surface area contributed by atoms with Gasteiger partial charge >= 0.3 is 5.97 Å². The van der Waals surface area contributed by atoms with E-state index in [1.54, 1.807) is 19.2 Å². The van der Waals surface area contributed by atoms with Gasteiger partial charge in [0, 0.05) is 16.2 Å². The Hall–Kier alpha value is -1.89. The van der Waals surface area contributed by atoms with Crippen molar-refractivity contribution in [2.45, 2.75) is 6.61 Å². The lowest BCUT2D eigenvalue weighted by atomic mass is 10.2. The number of halogens is 1. The lowest BCUT2D eigenvalue weighted by molar-refractivity contribution is -0.145. The van der Waals surface area contributed by atoms with Gasteiger partial charge in [-0.05, 0) is 46.4 Å². The summed E-state index contributed by atoms with van der Waals surface area (Å²) in [4.78, 5) is 25.4. The van der Waals surface area contributed by atoms with Crippen LogP contribution in [-0.2, 0) is 16.1 Å². The summed E-state index contributed by atoms with van der Waals surface area (Å²) in [5.41, 5.74) is 1.48. The molecule has 2 rings (SSSR count). The number of esters is 1. The first-order valence-electron chi connectivity index (χ1n) is 6.77. The fourth-order valence-electron chi connectivity index (χ4n) is 1.89. The summed E-state index contributed by atoms with van der Waals surface area (Å²) in [5.74, 6) is -0.625. The standard InChI is InChI=1S/C17H16INO3/c1-19(17(21)14-8-5-9-15(18)10-14)11-16(20)22-12-13-6-3-2-4-7-13/h2-10H,11-12H2,1H3. The smallest absolute Gasteiger partial charge is 0.325 e. The number of carbonyl (C=O) groups is 2. The number of amides is 1. The summed E-state index contributed by atoms with van der Waals surface area (Å²) in [6.45, 7) is 0.141. The Morgan fingerprint density at radius 2 is 1.82 bits per heavy atom. The van der Waals surface area contributed by atoms with Gasteiger partial charge in [0.1, 0.15) is 13.2 Å². The molecule has 4 nitrogen and oxygen atoms in total. The van der Waals surface area contributed by atoms with Crippen LogP contribution in [0.2, 0.25) is 0 Å². The number of hydrogen-bond donors (Lipinski definition) is 0. The Morgan fingerprint density at radius 3 is 2.50 bits per heavy atom. The third-order valence-corrected chi connectivity index (χ3v) is 3.70. The molecule has 0 fully saturated rings. The molecule has 0 aromatic heterocycles. The highest BCUT2D eigenvalue weighted by Crippen LogP contribution is 2.10. The monoisotopic (exact) mass is 409 g/mol. The van der Waals surface area contributed by atoms with E-state index in [9.17, 15) is 9.59 Å². The lowest BCUT2D eigenvalue weighted by Gasteiger charge is -2.16. The van der Waals surface area contributed by atoms with E-state index in [0.29, 0.717) is 5.56 Å². The maximum Gasteiger partial charge on any atom is 0.325 e. The first kappa shape index (κ1) is 16.5. The lowest BCUT2D eigenvalue weighted by Crippen LogP contribution is -2.33. The molecule has 5 heteroatoms. The minimum absolute atomic E-state index is 0.0723. The Labute approximate surface area is 143 Å². The van der Waals surface area contributed by atoms with Crippen LogP contribution in [0.5, 0.6) is 0 Å². The summed E-state index contributed by atoms with van der Waals surface area (Å²) in [5, 5.41) is 0. The minimum Gasteiger partial charge on any atom is -0.459 e. The summed E-state index contributed by atoms with van der Waals surface area (Å²) in [7, 11) is 1.59. The van der Waals surface area contributed by atoms with Gasteiger partial charge in [-0.15, -0.1) is 0 Å². The van der Waals surface area contributed by atoms with E-state index < -0.39 is 5.97 Å². The molecule has 0 atom stereocenters. The summed E-state index contributed by atoms with van der Waals surface area (Å²) >= 11 is 2.15. The third-order valence-electron chi connectivity index (χ3n) is 3.03. The van der Waals surface area contributed by atoms with E-state index in [0.717, 1.165) is 9.13 Å². The van der Waals surface area contributed by atoms with Crippen molar-refractivity contribution in [3.63, 3.8) is 0 Å². The molecule has 0 radical (unpaired) electrons. The fraction of sp³-hybridized carbons (Fsp3) is 0.176. The minimum atomic E-state index is -0.426. The molecule has 0 saturated carbocycles. The molecular weight excluding hydrogens is 393 g/mol. The first-order chi connectivity index (χ1) is 10.6. The predicted octanol–water partition coefficient (Wildman–Crippen LogP) is 3.11. The van der Waals surface area contributed by atoms with Crippen LogP contribution in [0.1, 0.15) is 15.9 Å². The zero-order valence-corrected chi connectivity index (χ0v) is 14.3. The van der Waals surface area contributed by atoms with E-state index in [-0.39, 0.29) is 19.1 Å². The second-order valence-electron chi connectivity index (χ2n) is 4.82. The number of carbonyl (C=O) groups excluding carboxylic acids is 2. The number of nitrogens with zero attached hydrogens (tertiary/aromatic N) is 1. The molecular formula is C17H16INO3. The van der Waals surface area contributed by atoms with Gasteiger partial charge in [-0.2, -0.15) is 0 Å². The Balaban J connectivity index is 1.87. The molecule has 2 aromatic rings. The zero-order chi connectivity index (χ0) is 15.9. The van der Waals surface area contributed by atoms with Crippen LogP contribution in [0.4, 0.5) is 0 Å². The molecule has 0 aliphatic rings. The van der Waals surface area contributed by atoms with Gasteiger partial charge in [0.05, 0.1) is 0 Å². The zero-order valence-electron chi connectivity index (χ0n) is 12.2. The molecule has 0 bridgehead atoms. The quantitative estimate of drug-likeness (QED) is 0.563. The van der Waals surface area contributed by atoms with E-state index in [1.165, 1.54) is 4.90 Å². The molecule has 1 amide bonds. The van der Waals surface area contributed by atoms with Crippen LogP contribution in [0, 0.1) is 3.57 Å². The van der Waals surface area contributed by atoms with Crippen LogP contribution in [0.25, 0.3) is 0 Å². The van der Waals surface area contributed by atoms with Crippen molar-refractivity contribution in [1.82, 2.24) is 4.90 Å². The van der Waals surface area contributed by atoms with Crippen LogP contribution in [-0.4, -0.2) is 30.4 Å². The number of ether oxygens (including phenoxy) is 1. The second kappa shape index (κ2) is 7.93. The van der Waals surface area contributed by atoms with Crippen molar-refractivity contribution < 1.29 is 14.3 Å². The Morgan fingerprint density at radius 1 is 1.09 bits per heavy atom. The highest BCUT2D eigenvalue weighted by Gasteiger charge is 2.16. The average molecular weight is 409 g/mol. The second-order valence-corrected chi connectivity index (χ2v) is 6.06. The summed E-state index contributed by atoms with van der Waals surface area (Å²) in [6, 6.07) is 16.7. The van der Waals surface area contributed by atoms with Gasteiger partial charge < -0.3 is 9.64 Å². The van der Waals surface area contributed by atoms with Crippen LogP contribution in [0.15, 0.2) is 54.6 Å². The molecule has 0 heterocycles. The SMILES string of the molecule is CN(CC(=O)OCc1ccccc1)C(=O)c1cccc(I)c1. The van der Waals surface area contributed by atoms with Gasteiger partial charge in [0.15, 0.2) is 0 Å². The van der Waals surface area contributed by atoms with Crippen LogP contribution in [0.3, 0.4) is 0 Å². The van der Waals surface area contributed by atoms with Gasteiger partial charge in [-0.3, -0.25) is 9.59 Å². The maximum absolute atomic E-state index is 12.2. The highest BCUT2D eigenvalue weighted by molar-refractivity contribution is 14.1. The van der Waals surface area contributed by atoms with Crippen molar-refractivity contribution in [3.05, 3.63) is 69.3 Å². The Bertz CT molecular complexity index is 658. The summed E-state index contributed by atoms with van der Waals surface area (Å²) in [6.07, 6.45) is 0. The molecule has 0 N–H and O–H groups in total. The van der Waals surface area contributed by atoms with Crippen molar-refractivity contribution in [2.24, 2.45) is 0 Å². The first-order valence-corrected chi connectivity index (χ1v) is 7.84. The van der Waals surface area contributed by atoms with Crippen molar-refractivity contribution in [2.75, 3.05) is 13.6 Å². The molecule has 0 aliphatic carbocycles. The van der Waals surface area contributed by atoms with Gasteiger partial charge in [0.25, 0.3) is 5.91 Å². The van der Waals surface area contributed by atoms with Crippen molar-refractivity contribution in [1.29, 1.82) is 0 Å². The maximum atomic E-state index is 12.2.